The molecule has 54 valence electrons. The van der Waals surface area contributed by atoms with Crippen molar-refractivity contribution in [1.29, 1.82) is 0 Å². The lowest BCUT2D eigenvalue weighted by atomic mass is 10.2. The molecule has 0 atom stereocenters. The summed E-state index contributed by atoms with van der Waals surface area (Å²) in [6, 6.07) is 0. The number of rotatable bonds is 4. The number of unbranched alkanes of at least 4 members (excludes halogenated alkanes) is 2. The highest BCUT2D eigenvalue weighted by Crippen LogP contribution is 1.91. The van der Waals surface area contributed by atoms with Crippen LogP contribution in [0, 0.1) is 0 Å². The maximum Gasteiger partial charge on any atom is 0.313 e. The van der Waals surface area contributed by atoms with Crippen LogP contribution in [0.5, 0.6) is 0 Å². The fourth-order valence-corrected chi connectivity index (χ4v) is 0.656. The molecule has 0 heterocycles. The van der Waals surface area contributed by atoms with Crippen LogP contribution in [0.25, 0.3) is 0 Å². The van der Waals surface area contributed by atoms with Crippen molar-refractivity contribution < 1.29 is 4.79 Å². The SMILES string of the molecule is CCCCCNC(=O)Cl. The number of nitrogens with one attached hydrogen (secondary N) is 1. The van der Waals surface area contributed by atoms with Gasteiger partial charge in [-0.05, 0) is 18.0 Å². The van der Waals surface area contributed by atoms with Gasteiger partial charge in [0.25, 0.3) is 0 Å². The topological polar surface area (TPSA) is 29.1 Å². The summed E-state index contributed by atoms with van der Waals surface area (Å²) in [7, 11) is 0. The quantitative estimate of drug-likeness (QED) is 0.370. The maximum atomic E-state index is 10.1. The summed E-state index contributed by atoms with van der Waals surface area (Å²) in [6.45, 7) is 2.82. The molecule has 0 saturated heterocycles. The van der Waals surface area contributed by atoms with Gasteiger partial charge in [0.2, 0.25) is 0 Å². The first kappa shape index (κ1) is 8.76. The Kier molecular flexibility index (Phi) is 5.73. The van der Waals surface area contributed by atoms with Gasteiger partial charge in [-0.2, -0.15) is 0 Å². The molecule has 3 heteroatoms. The first-order valence-electron chi connectivity index (χ1n) is 3.20. The molecule has 0 aromatic heterocycles. The third-order valence-electron chi connectivity index (χ3n) is 1.04. The molecule has 0 bridgehead atoms. The van der Waals surface area contributed by atoms with E-state index in [0.29, 0.717) is 6.54 Å². The van der Waals surface area contributed by atoms with E-state index in [1.807, 2.05) is 0 Å². The molecule has 1 N–H and O–H groups in total. The minimum atomic E-state index is -0.453. The van der Waals surface area contributed by atoms with Crippen molar-refractivity contribution in [3.05, 3.63) is 0 Å². The minimum Gasteiger partial charge on any atom is -0.343 e. The lowest BCUT2D eigenvalue weighted by Gasteiger charge is -1.96. The highest BCUT2D eigenvalue weighted by Gasteiger charge is 1.90. The summed E-state index contributed by atoms with van der Waals surface area (Å²) in [6.07, 6.45) is 3.34. The van der Waals surface area contributed by atoms with E-state index < -0.39 is 5.37 Å². The monoisotopic (exact) mass is 149 g/mol. The Balaban J connectivity index is 2.83. The molecule has 0 aromatic carbocycles. The van der Waals surface area contributed by atoms with E-state index in [1.54, 1.807) is 0 Å². The summed E-state index contributed by atoms with van der Waals surface area (Å²) < 4.78 is 0. The Morgan fingerprint density at radius 1 is 1.56 bits per heavy atom. The second-order valence-corrected chi connectivity index (χ2v) is 2.25. The van der Waals surface area contributed by atoms with Crippen LogP contribution >= 0.6 is 11.6 Å². The number of carbonyl (C=O) groups is 1. The summed E-state index contributed by atoms with van der Waals surface area (Å²) in [5.41, 5.74) is 0. The van der Waals surface area contributed by atoms with Crippen molar-refractivity contribution in [2.24, 2.45) is 0 Å². The lowest BCUT2D eigenvalue weighted by Crippen LogP contribution is -2.17. The van der Waals surface area contributed by atoms with Crippen molar-refractivity contribution in [2.45, 2.75) is 26.2 Å². The molecule has 0 aliphatic heterocycles. The number of carbonyl (C=O) groups excluding carboxylic acids is 1. The van der Waals surface area contributed by atoms with Gasteiger partial charge >= 0.3 is 5.37 Å². The smallest absolute Gasteiger partial charge is 0.313 e. The molecule has 0 fully saturated rings. The third-order valence-corrected chi connectivity index (χ3v) is 1.18. The standard InChI is InChI=1S/C6H12ClNO/c1-2-3-4-5-8-6(7)9/h2-5H2,1H3,(H,8,9). The summed E-state index contributed by atoms with van der Waals surface area (Å²) in [4.78, 5) is 10.1. The second-order valence-electron chi connectivity index (χ2n) is 1.91. The fraction of sp³-hybridized carbons (Fsp3) is 0.833. The summed E-state index contributed by atoms with van der Waals surface area (Å²) >= 11 is 5.01. The highest BCUT2D eigenvalue weighted by atomic mass is 35.5. The van der Waals surface area contributed by atoms with Gasteiger partial charge in [0, 0.05) is 6.54 Å². The molecule has 0 aliphatic rings. The van der Waals surface area contributed by atoms with E-state index in [2.05, 4.69) is 12.2 Å². The number of hydrogen-bond donors (Lipinski definition) is 1. The van der Waals surface area contributed by atoms with Gasteiger partial charge in [-0.25, -0.2) is 0 Å². The Morgan fingerprint density at radius 2 is 2.22 bits per heavy atom. The average Bonchev–Trinajstić information content (AvgIpc) is 1.80. The summed E-state index contributed by atoms with van der Waals surface area (Å²) in [5.74, 6) is 0. The zero-order valence-corrected chi connectivity index (χ0v) is 6.37. The molecular formula is C6H12ClNO. The Bertz CT molecular complexity index is 85.1. The van der Waals surface area contributed by atoms with Crippen LogP contribution in [-0.4, -0.2) is 11.9 Å². The predicted molar refractivity (Wildman–Crippen MR) is 38.8 cm³/mol. The molecule has 0 aromatic rings. The van der Waals surface area contributed by atoms with Crippen molar-refractivity contribution in [1.82, 2.24) is 5.32 Å². The molecule has 0 spiro atoms. The number of hydrogen-bond acceptors (Lipinski definition) is 1. The van der Waals surface area contributed by atoms with Crippen molar-refractivity contribution in [2.75, 3.05) is 6.54 Å². The average molecular weight is 150 g/mol. The first-order valence-corrected chi connectivity index (χ1v) is 3.58. The van der Waals surface area contributed by atoms with E-state index in [1.165, 1.54) is 0 Å². The minimum absolute atomic E-state index is 0.453. The normalized spacial score (nSPS) is 9.11. The van der Waals surface area contributed by atoms with Crippen LogP contribution in [0.4, 0.5) is 4.79 Å². The van der Waals surface area contributed by atoms with Gasteiger partial charge < -0.3 is 5.32 Å². The van der Waals surface area contributed by atoms with Crippen molar-refractivity contribution in [3.8, 4) is 0 Å². The molecule has 0 unspecified atom stereocenters. The maximum absolute atomic E-state index is 10.1. The molecule has 0 saturated carbocycles. The van der Waals surface area contributed by atoms with E-state index in [4.69, 9.17) is 11.6 Å². The van der Waals surface area contributed by atoms with Crippen LogP contribution in [0.3, 0.4) is 0 Å². The van der Waals surface area contributed by atoms with Gasteiger partial charge in [0.15, 0.2) is 0 Å². The lowest BCUT2D eigenvalue weighted by molar-refractivity contribution is 0.259. The van der Waals surface area contributed by atoms with Gasteiger partial charge in [-0.1, -0.05) is 19.8 Å². The van der Waals surface area contributed by atoms with E-state index in [-0.39, 0.29) is 0 Å². The van der Waals surface area contributed by atoms with E-state index in [9.17, 15) is 4.79 Å². The van der Waals surface area contributed by atoms with Crippen molar-refractivity contribution in [3.63, 3.8) is 0 Å². The Labute approximate surface area is 60.6 Å². The zero-order chi connectivity index (χ0) is 7.11. The third kappa shape index (κ3) is 7.76. The highest BCUT2D eigenvalue weighted by molar-refractivity contribution is 6.62. The van der Waals surface area contributed by atoms with Crippen LogP contribution in [-0.2, 0) is 0 Å². The second kappa shape index (κ2) is 5.89. The molecule has 0 rings (SSSR count). The van der Waals surface area contributed by atoms with Crippen LogP contribution in [0.2, 0.25) is 0 Å². The van der Waals surface area contributed by atoms with Gasteiger partial charge in [0.1, 0.15) is 0 Å². The van der Waals surface area contributed by atoms with Crippen LogP contribution in [0.1, 0.15) is 26.2 Å². The van der Waals surface area contributed by atoms with Crippen LogP contribution < -0.4 is 5.32 Å². The summed E-state index contributed by atoms with van der Waals surface area (Å²) in [5, 5.41) is 2.05. The molecular weight excluding hydrogens is 138 g/mol. The van der Waals surface area contributed by atoms with Gasteiger partial charge in [0.05, 0.1) is 0 Å². The molecule has 0 radical (unpaired) electrons. The number of halogens is 1. The molecule has 9 heavy (non-hydrogen) atoms. The molecule has 0 aliphatic carbocycles. The van der Waals surface area contributed by atoms with Gasteiger partial charge in [-0.3, -0.25) is 4.79 Å². The van der Waals surface area contributed by atoms with Crippen LogP contribution in [0.15, 0.2) is 0 Å². The molecule has 1 amide bonds. The fourth-order valence-electron chi connectivity index (χ4n) is 0.562. The first-order chi connectivity index (χ1) is 4.27. The Morgan fingerprint density at radius 3 is 2.67 bits per heavy atom. The zero-order valence-electron chi connectivity index (χ0n) is 5.61. The van der Waals surface area contributed by atoms with Gasteiger partial charge in [-0.15, -0.1) is 0 Å². The Hall–Kier alpha value is -0.240. The largest absolute Gasteiger partial charge is 0.343 e. The van der Waals surface area contributed by atoms with Crippen molar-refractivity contribution >= 4 is 17.0 Å². The van der Waals surface area contributed by atoms with E-state index in [0.717, 1.165) is 19.3 Å². The molecule has 2 nitrogen and oxygen atoms in total. The van der Waals surface area contributed by atoms with E-state index >= 15 is 0 Å². The predicted octanol–water partition coefficient (Wildman–Crippen LogP) is 2.12. The number of amides is 1.